The average molecular weight is 1060 g/mol. The lowest BCUT2D eigenvalue weighted by Crippen LogP contribution is -2.74. The van der Waals surface area contributed by atoms with E-state index in [2.05, 4.69) is 319 Å². The normalized spacial score (nSPS) is 11.9. The summed E-state index contributed by atoms with van der Waals surface area (Å²) in [6.07, 6.45) is 0. The maximum Gasteiger partial charge on any atom is 0.179 e. The lowest BCUT2D eigenvalue weighted by Gasteiger charge is -2.36. The molecule has 0 atom stereocenters. The molecule has 0 N–H and O–H groups in total. The van der Waals surface area contributed by atoms with Gasteiger partial charge < -0.3 is 13.6 Å². The standard InChI is InChI=1S/C78H52N2OSi/c1-6-25-53(26-7-1)56-31-22-36-60(49-56)82(58-32-12-4-13-33-58,59-34-14-5-15-35-59)61-51-69(54-27-8-2-9-28-54)77(70(52-61)55-29-10-3-11-30-55)80-73-45-20-17-38-63(73)71-50-57(47-48-74(71)80)79-72-44-19-16-37-62(72)65-40-23-41-66(76(65)79)68-43-24-42-67-64-39-18-21-46-75(64)81-78(67)68/h1-52H. The zero-order valence-corrected chi connectivity index (χ0v) is 45.8. The van der Waals surface area contributed by atoms with Crippen LogP contribution in [0.1, 0.15) is 0 Å². The molecule has 3 heterocycles. The van der Waals surface area contributed by atoms with Crippen molar-refractivity contribution in [3.63, 3.8) is 0 Å². The Kier molecular flexibility index (Phi) is 11.2. The Morgan fingerprint density at radius 1 is 0.256 bits per heavy atom. The fourth-order valence-corrected chi connectivity index (χ4v) is 18.3. The Morgan fingerprint density at radius 3 is 1.37 bits per heavy atom. The molecule has 0 aliphatic carbocycles. The zero-order valence-electron chi connectivity index (χ0n) is 44.8. The SMILES string of the molecule is c1ccc(-c2cccc([Si](c3ccccc3)(c3ccccc3)c3cc(-c4ccccc4)c(-n4c5ccccc5c5cc(-n6c7ccccc7c7cccc(-c8cccc9c8oc8ccccc89)c76)ccc54)c(-c4ccccc4)c3)c2)cc1. The number of benzene rings is 13. The van der Waals surface area contributed by atoms with Crippen LogP contribution in [0.25, 0.3) is 121 Å². The van der Waals surface area contributed by atoms with Gasteiger partial charge in [-0.25, -0.2) is 0 Å². The molecule has 0 bridgehead atoms. The van der Waals surface area contributed by atoms with Crippen LogP contribution in [0.4, 0.5) is 0 Å². The molecule has 82 heavy (non-hydrogen) atoms. The minimum absolute atomic E-state index is 0.891. The summed E-state index contributed by atoms with van der Waals surface area (Å²) in [5.74, 6) is 0. The van der Waals surface area contributed by atoms with Gasteiger partial charge in [0.25, 0.3) is 0 Å². The van der Waals surface area contributed by atoms with E-state index in [-0.39, 0.29) is 0 Å². The van der Waals surface area contributed by atoms with Crippen molar-refractivity contribution in [2.24, 2.45) is 0 Å². The van der Waals surface area contributed by atoms with E-state index in [0.717, 1.165) is 77.6 Å². The van der Waals surface area contributed by atoms with E-state index in [4.69, 9.17) is 4.42 Å². The number of rotatable bonds is 10. The Bertz CT molecular complexity index is 4980. The van der Waals surface area contributed by atoms with E-state index < -0.39 is 8.07 Å². The number of para-hydroxylation sites is 5. The predicted molar refractivity (Wildman–Crippen MR) is 348 cm³/mol. The maximum atomic E-state index is 6.75. The van der Waals surface area contributed by atoms with E-state index in [1.165, 1.54) is 64.5 Å². The summed E-state index contributed by atoms with van der Waals surface area (Å²) in [4.78, 5) is 0. The van der Waals surface area contributed by atoms with Crippen molar-refractivity contribution < 1.29 is 4.42 Å². The van der Waals surface area contributed by atoms with Crippen molar-refractivity contribution in [2.45, 2.75) is 0 Å². The van der Waals surface area contributed by atoms with Crippen LogP contribution in [0, 0.1) is 0 Å². The van der Waals surface area contributed by atoms with E-state index in [0.29, 0.717) is 0 Å². The van der Waals surface area contributed by atoms with Gasteiger partial charge in [-0.1, -0.05) is 279 Å². The van der Waals surface area contributed by atoms with Gasteiger partial charge in [-0.2, -0.15) is 0 Å². The van der Waals surface area contributed by atoms with Gasteiger partial charge in [-0.15, -0.1) is 0 Å². The van der Waals surface area contributed by atoms with Crippen molar-refractivity contribution in [2.75, 3.05) is 0 Å². The number of nitrogens with zero attached hydrogens (tertiary/aromatic N) is 2. The molecular weight excluding hydrogens is 1010 g/mol. The fraction of sp³-hybridized carbons (Fsp3) is 0. The molecule has 0 radical (unpaired) electrons. The van der Waals surface area contributed by atoms with Gasteiger partial charge in [0.1, 0.15) is 11.2 Å². The quantitative estimate of drug-likeness (QED) is 0.0989. The summed E-state index contributed by atoms with van der Waals surface area (Å²) in [5, 5.41) is 12.3. The molecule has 384 valence electrons. The van der Waals surface area contributed by atoms with Crippen LogP contribution in [-0.4, -0.2) is 17.2 Å². The molecule has 3 aromatic heterocycles. The fourth-order valence-electron chi connectivity index (χ4n) is 13.5. The van der Waals surface area contributed by atoms with Gasteiger partial charge in [0.15, 0.2) is 8.07 Å². The van der Waals surface area contributed by atoms with Crippen molar-refractivity contribution in [1.29, 1.82) is 0 Å². The largest absolute Gasteiger partial charge is 0.455 e. The number of hydrogen-bond acceptors (Lipinski definition) is 1. The summed E-state index contributed by atoms with van der Waals surface area (Å²) in [6.45, 7) is 0. The summed E-state index contributed by atoms with van der Waals surface area (Å²) in [7, 11) is -3.16. The first kappa shape index (κ1) is 47.5. The molecular formula is C78H52N2OSi. The smallest absolute Gasteiger partial charge is 0.179 e. The highest BCUT2D eigenvalue weighted by molar-refractivity contribution is 7.20. The van der Waals surface area contributed by atoms with Gasteiger partial charge in [0, 0.05) is 60.3 Å². The predicted octanol–water partition coefficient (Wildman–Crippen LogP) is 17.8. The molecule has 16 rings (SSSR count). The van der Waals surface area contributed by atoms with Crippen LogP contribution in [0.15, 0.2) is 320 Å². The third-order valence-electron chi connectivity index (χ3n) is 17.1. The molecule has 0 fully saturated rings. The summed E-state index contributed by atoms with van der Waals surface area (Å²) < 4.78 is 11.8. The number of aromatic nitrogens is 2. The molecule has 3 nitrogen and oxygen atoms in total. The van der Waals surface area contributed by atoms with Crippen molar-refractivity contribution in [1.82, 2.24) is 9.13 Å². The van der Waals surface area contributed by atoms with Gasteiger partial charge >= 0.3 is 0 Å². The Hall–Kier alpha value is -10.5. The third kappa shape index (κ3) is 7.42. The third-order valence-corrected chi connectivity index (χ3v) is 21.8. The molecule has 0 aliphatic heterocycles. The second-order valence-corrected chi connectivity index (χ2v) is 25.3. The molecule has 0 saturated carbocycles. The zero-order chi connectivity index (χ0) is 54.1. The average Bonchev–Trinajstić information content (AvgIpc) is 4.26. The lowest BCUT2D eigenvalue weighted by atomic mass is 9.95. The summed E-state index contributed by atoms with van der Waals surface area (Å²) >= 11 is 0. The molecule has 0 saturated heterocycles. The highest BCUT2D eigenvalue weighted by Crippen LogP contribution is 2.45. The molecule has 0 unspecified atom stereocenters. The van der Waals surface area contributed by atoms with Crippen LogP contribution in [0.5, 0.6) is 0 Å². The van der Waals surface area contributed by atoms with Crippen molar-refractivity contribution in [3.05, 3.63) is 315 Å². The number of furan rings is 1. The monoisotopic (exact) mass is 1060 g/mol. The van der Waals surface area contributed by atoms with Crippen LogP contribution < -0.4 is 20.7 Å². The topological polar surface area (TPSA) is 23.0 Å². The van der Waals surface area contributed by atoms with Gasteiger partial charge in [-0.05, 0) is 79.4 Å². The van der Waals surface area contributed by atoms with Crippen LogP contribution >= 0.6 is 0 Å². The van der Waals surface area contributed by atoms with Crippen LogP contribution in [-0.2, 0) is 0 Å². The first-order valence-electron chi connectivity index (χ1n) is 28.2. The Balaban J connectivity index is 0.993. The minimum atomic E-state index is -3.16. The second-order valence-electron chi connectivity index (χ2n) is 21.5. The Labute approximate surface area is 476 Å². The van der Waals surface area contributed by atoms with E-state index in [1.54, 1.807) is 0 Å². The van der Waals surface area contributed by atoms with Gasteiger partial charge in [-0.3, -0.25) is 0 Å². The first-order chi connectivity index (χ1) is 40.7. The Morgan fingerprint density at radius 2 is 0.720 bits per heavy atom. The maximum absolute atomic E-state index is 6.75. The molecule has 13 aromatic carbocycles. The highest BCUT2D eigenvalue weighted by Gasteiger charge is 2.43. The molecule has 16 aromatic rings. The van der Waals surface area contributed by atoms with E-state index >= 15 is 0 Å². The minimum Gasteiger partial charge on any atom is -0.455 e. The second kappa shape index (κ2) is 19.4. The summed E-state index contributed by atoms with van der Waals surface area (Å²) in [5.41, 5.74) is 17.8. The molecule has 0 spiro atoms. The molecule has 0 amide bonds. The highest BCUT2D eigenvalue weighted by atomic mass is 28.3. The number of fused-ring (bicyclic) bond motifs is 9. The first-order valence-corrected chi connectivity index (χ1v) is 30.2. The lowest BCUT2D eigenvalue weighted by molar-refractivity contribution is 0.670. The van der Waals surface area contributed by atoms with Crippen molar-refractivity contribution >= 4 is 94.4 Å². The molecule has 0 aliphatic rings. The van der Waals surface area contributed by atoms with Crippen molar-refractivity contribution in [3.8, 4) is 55.9 Å². The van der Waals surface area contributed by atoms with Crippen LogP contribution in [0.3, 0.4) is 0 Å². The van der Waals surface area contributed by atoms with Gasteiger partial charge in [0.05, 0.1) is 27.8 Å². The summed E-state index contributed by atoms with van der Waals surface area (Å²) in [6, 6.07) is 117. The van der Waals surface area contributed by atoms with Crippen LogP contribution in [0.2, 0.25) is 0 Å². The molecule has 4 heteroatoms. The number of hydrogen-bond donors (Lipinski definition) is 0. The van der Waals surface area contributed by atoms with E-state index in [9.17, 15) is 0 Å². The van der Waals surface area contributed by atoms with E-state index in [1.807, 2.05) is 6.07 Å². The van der Waals surface area contributed by atoms with Gasteiger partial charge in [0.2, 0.25) is 0 Å².